The topological polar surface area (TPSA) is 58.6 Å². The summed E-state index contributed by atoms with van der Waals surface area (Å²) >= 11 is 0. The summed E-state index contributed by atoms with van der Waals surface area (Å²) in [6, 6.07) is 7.95. The van der Waals surface area contributed by atoms with Gasteiger partial charge in [0.05, 0.1) is 13.2 Å². The van der Waals surface area contributed by atoms with Gasteiger partial charge in [0.25, 0.3) is 0 Å². The van der Waals surface area contributed by atoms with Crippen LogP contribution in [-0.2, 0) is 27.5 Å². The quantitative estimate of drug-likeness (QED) is 0.748. The number of rotatable bonds is 8. The number of hydrogen-bond acceptors (Lipinski definition) is 3. The summed E-state index contributed by atoms with van der Waals surface area (Å²) in [5, 5.41) is 2.91. The molecule has 1 saturated heterocycles. The van der Waals surface area contributed by atoms with Crippen LogP contribution in [0.25, 0.3) is 0 Å². The predicted molar refractivity (Wildman–Crippen MR) is 88.7 cm³/mol. The van der Waals surface area contributed by atoms with Crippen molar-refractivity contribution in [2.45, 2.75) is 45.8 Å². The smallest absolute Gasteiger partial charge is 0.239 e. The van der Waals surface area contributed by atoms with Crippen LogP contribution in [-0.4, -0.2) is 36.4 Å². The highest BCUT2D eigenvalue weighted by Crippen LogP contribution is 2.11. The first-order valence-electron chi connectivity index (χ1n) is 8.39. The zero-order valence-electron chi connectivity index (χ0n) is 13.8. The van der Waals surface area contributed by atoms with Crippen LogP contribution in [0.4, 0.5) is 0 Å². The van der Waals surface area contributed by atoms with Crippen molar-refractivity contribution < 1.29 is 14.3 Å². The molecule has 5 heteroatoms. The van der Waals surface area contributed by atoms with Crippen molar-refractivity contribution in [3.8, 4) is 0 Å². The Labute approximate surface area is 138 Å². The second kappa shape index (κ2) is 9.30. The molecule has 2 rings (SSSR count). The number of carbonyl (C=O) groups excluding carboxylic acids is 2. The lowest BCUT2D eigenvalue weighted by Gasteiger charge is -2.26. The van der Waals surface area contributed by atoms with Crippen molar-refractivity contribution in [2.24, 2.45) is 0 Å². The second-order valence-electron chi connectivity index (χ2n) is 5.87. The molecule has 1 N–H and O–H groups in total. The lowest BCUT2D eigenvalue weighted by Crippen LogP contribution is -2.42. The van der Waals surface area contributed by atoms with E-state index in [0.29, 0.717) is 26.1 Å². The van der Waals surface area contributed by atoms with Crippen LogP contribution in [0.2, 0.25) is 0 Å². The van der Waals surface area contributed by atoms with Gasteiger partial charge in [-0.05, 0) is 30.4 Å². The summed E-state index contributed by atoms with van der Waals surface area (Å²) in [5.41, 5.74) is 2.15. The van der Waals surface area contributed by atoms with E-state index < -0.39 is 0 Å². The summed E-state index contributed by atoms with van der Waals surface area (Å²) in [5.74, 6) is -0.0238. The molecule has 1 heterocycles. The van der Waals surface area contributed by atoms with Crippen LogP contribution in [0.3, 0.4) is 0 Å². The highest BCUT2D eigenvalue weighted by atomic mass is 16.5. The van der Waals surface area contributed by atoms with Gasteiger partial charge in [0.15, 0.2) is 0 Å². The fraction of sp³-hybridized carbons (Fsp3) is 0.556. The highest BCUT2D eigenvalue weighted by molar-refractivity contribution is 5.85. The fourth-order valence-electron chi connectivity index (χ4n) is 2.65. The van der Waals surface area contributed by atoms with E-state index in [0.717, 1.165) is 37.0 Å². The van der Waals surface area contributed by atoms with Gasteiger partial charge in [-0.3, -0.25) is 9.59 Å². The Morgan fingerprint density at radius 2 is 2.04 bits per heavy atom. The van der Waals surface area contributed by atoms with Gasteiger partial charge in [0.2, 0.25) is 11.8 Å². The van der Waals surface area contributed by atoms with Crippen molar-refractivity contribution in [2.75, 3.05) is 19.7 Å². The molecule has 0 aromatic heterocycles. The van der Waals surface area contributed by atoms with Gasteiger partial charge in [0.1, 0.15) is 0 Å². The first-order chi connectivity index (χ1) is 11.2. The van der Waals surface area contributed by atoms with Crippen molar-refractivity contribution >= 4 is 11.8 Å². The van der Waals surface area contributed by atoms with Gasteiger partial charge >= 0.3 is 0 Å². The Hall–Kier alpha value is -1.88. The number of piperidine rings is 1. The molecule has 1 aliphatic rings. The molecule has 5 nitrogen and oxygen atoms in total. The Morgan fingerprint density at radius 1 is 1.26 bits per heavy atom. The molecule has 1 aromatic carbocycles. The Morgan fingerprint density at radius 3 is 2.78 bits per heavy atom. The molecular formula is C18H26N2O3. The summed E-state index contributed by atoms with van der Waals surface area (Å²) in [6.07, 6.45) is 3.46. The van der Waals surface area contributed by atoms with Crippen LogP contribution in [0.1, 0.15) is 43.7 Å². The molecule has 1 aliphatic heterocycles. The minimum Gasteiger partial charge on any atom is -0.377 e. The van der Waals surface area contributed by atoms with Crippen molar-refractivity contribution in [1.82, 2.24) is 10.2 Å². The number of nitrogens with one attached hydrogen (secondary N) is 1. The summed E-state index contributed by atoms with van der Waals surface area (Å²) < 4.78 is 5.59. The number of hydrogen-bond donors (Lipinski definition) is 1. The Bertz CT molecular complexity index is 531. The van der Waals surface area contributed by atoms with E-state index in [1.807, 2.05) is 24.3 Å². The molecule has 0 bridgehead atoms. The van der Waals surface area contributed by atoms with Crippen molar-refractivity contribution in [3.63, 3.8) is 0 Å². The SMILES string of the molecule is CCCOCc1ccccc1CNC(=O)CN1CCCCC1=O. The first-order valence-corrected chi connectivity index (χ1v) is 8.39. The maximum atomic E-state index is 12.1. The predicted octanol–water partition coefficient (Wildman–Crippen LogP) is 2.24. The molecule has 0 saturated carbocycles. The number of benzene rings is 1. The number of amides is 2. The molecule has 0 spiro atoms. The maximum absolute atomic E-state index is 12.1. The zero-order chi connectivity index (χ0) is 16.5. The van der Waals surface area contributed by atoms with Gasteiger partial charge in [-0.15, -0.1) is 0 Å². The molecule has 23 heavy (non-hydrogen) atoms. The first kappa shape index (κ1) is 17.5. The molecule has 1 fully saturated rings. The zero-order valence-corrected chi connectivity index (χ0v) is 13.8. The molecule has 0 unspecified atom stereocenters. The Balaban J connectivity index is 1.82. The molecule has 1 aromatic rings. The third-order valence-electron chi connectivity index (χ3n) is 3.96. The third kappa shape index (κ3) is 5.67. The van der Waals surface area contributed by atoms with Crippen LogP contribution in [0.15, 0.2) is 24.3 Å². The van der Waals surface area contributed by atoms with Crippen molar-refractivity contribution in [1.29, 1.82) is 0 Å². The van der Waals surface area contributed by atoms with Gasteiger partial charge in [-0.25, -0.2) is 0 Å². The summed E-state index contributed by atoms with van der Waals surface area (Å²) in [7, 11) is 0. The van der Waals surface area contributed by atoms with Crippen molar-refractivity contribution in [3.05, 3.63) is 35.4 Å². The fourth-order valence-corrected chi connectivity index (χ4v) is 2.65. The van der Waals surface area contributed by atoms with E-state index in [2.05, 4.69) is 12.2 Å². The van der Waals surface area contributed by atoms with Gasteiger partial charge in [0, 0.05) is 26.1 Å². The van der Waals surface area contributed by atoms with E-state index in [1.54, 1.807) is 4.90 Å². The maximum Gasteiger partial charge on any atom is 0.239 e. The Kier molecular flexibility index (Phi) is 7.07. The largest absolute Gasteiger partial charge is 0.377 e. The normalized spacial score (nSPS) is 14.8. The third-order valence-corrected chi connectivity index (χ3v) is 3.96. The van der Waals surface area contributed by atoms with E-state index in [1.165, 1.54) is 0 Å². The van der Waals surface area contributed by atoms with Crippen LogP contribution in [0, 0.1) is 0 Å². The summed E-state index contributed by atoms with van der Waals surface area (Å²) in [6.45, 7) is 4.68. The summed E-state index contributed by atoms with van der Waals surface area (Å²) in [4.78, 5) is 25.4. The van der Waals surface area contributed by atoms with Crippen LogP contribution < -0.4 is 5.32 Å². The van der Waals surface area contributed by atoms with E-state index in [9.17, 15) is 9.59 Å². The van der Waals surface area contributed by atoms with Crippen LogP contribution >= 0.6 is 0 Å². The van der Waals surface area contributed by atoms with E-state index in [4.69, 9.17) is 4.74 Å². The monoisotopic (exact) mass is 318 g/mol. The van der Waals surface area contributed by atoms with Gasteiger partial charge in [-0.1, -0.05) is 31.2 Å². The minimum atomic E-state index is -0.107. The average Bonchev–Trinajstić information content (AvgIpc) is 2.56. The number of nitrogens with zero attached hydrogens (tertiary/aromatic N) is 1. The van der Waals surface area contributed by atoms with E-state index >= 15 is 0 Å². The molecule has 0 aliphatic carbocycles. The van der Waals surface area contributed by atoms with Crippen LogP contribution in [0.5, 0.6) is 0 Å². The molecular weight excluding hydrogens is 292 g/mol. The lowest BCUT2D eigenvalue weighted by molar-refractivity contribution is -0.137. The molecule has 2 amide bonds. The number of likely N-dealkylation sites (tertiary alicyclic amines) is 1. The van der Waals surface area contributed by atoms with Gasteiger partial charge in [-0.2, -0.15) is 0 Å². The number of carbonyl (C=O) groups is 2. The molecule has 0 atom stereocenters. The number of ether oxygens (including phenoxy) is 1. The lowest BCUT2D eigenvalue weighted by atomic mass is 10.1. The van der Waals surface area contributed by atoms with E-state index in [-0.39, 0.29) is 18.4 Å². The minimum absolute atomic E-state index is 0.0831. The standard InChI is InChI=1S/C18H26N2O3/c1-2-11-23-14-16-8-4-3-7-15(16)12-19-17(21)13-20-10-6-5-9-18(20)22/h3-4,7-8H,2,5-6,9-14H2,1H3,(H,19,21). The molecule has 126 valence electrons. The second-order valence-corrected chi connectivity index (χ2v) is 5.87. The molecule has 0 radical (unpaired) electrons. The van der Waals surface area contributed by atoms with Gasteiger partial charge < -0.3 is 15.0 Å². The highest BCUT2D eigenvalue weighted by Gasteiger charge is 2.20. The average molecular weight is 318 g/mol.